The second kappa shape index (κ2) is 17.0. The van der Waals surface area contributed by atoms with E-state index >= 15 is 4.39 Å². The van der Waals surface area contributed by atoms with Gasteiger partial charge in [-0.25, -0.2) is 14.0 Å². The molecule has 0 aromatic carbocycles. The summed E-state index contributed by atoms with van der Waals surface area (Å²) < 4.78 is 52.7. The standard InChI is InChI=1S/C39H53FN4O11S/c1-11-28-39(8)31(42-36(49)54-39)22(4)29(45)20(2)17-37(6,50-14-12-13-24-16-25(43-55-24)27-18-41-19-56-27)33(23(5)32(47)38(7,40)35(48)52-28)53-34-30(46)26(44(9)10)15-21(3)51-34/h16,18-23,26,28,30-31,33-34,46H,11,14-15,17H2,1-10H3,(H,42,49)/t20-,21-,22-,23+,26+,28+,30-,31-,33-,34+,37+,38+,39-/m1/s1. The van der Waals surface area contributed by atoms with Crippen LogP contribution >= 0.6 is 11.3 Å². The number of amides is 1. The maximum atomic E-state index is 16.8. The van der Waals surface area contributed by atoms with E-state index in [0.717, 1.165) is 11.8 Å². The van der Waals surface area contributed by atoms with E-state index < -0.39 is 89.2 Å². The number of aliphatic hydroxyl groups is 1. The van der Waals surface area contributed by atoms with Crippen molar-refractivity contribution in [1.29, 1.82) is 0 Å². The van der Waals surface area contributed by atoms with Crippen LogP contribution in [-0.4, -0.2) is 124 Å². The molecule has 3 aliphatic rings. The monoisotopic (exact) mass is 804 g/mol. The molecule has 5 rings (SSSR count). The lowest BCUT2D eigenvalue weighted by Crippen LogP contribution is -2.61. The van der Waals surface area contributed by atoms with Gasteiger partial charge in [0.15, 0.2) is 17.7 Å². The molecule has 17 heteroatoms. The van der Waals surface area contributed by atoms with E-state index in [1.807, 2.05) is 11.8 Å². The van der Waals surface area contributed by atoms with Gasteiger partial charge >= 0.3 is 12.1 Å². The number of Topliss-reactive ketones (excluding diaryl/α,β-unsaturated/α-hetero) is 2. The van der Waals surface area contributed by atoms with Crippen molar-refractivity contribution in [3.8, 4) is 22.4 Å². The second-order valence-electron chi connectivity index (χ2n) is 15.9. The van der Waals surface area contributed by atoms with Crippen molar-refractivity contribution in [2.75, 3.05) is 20.7 Å². The molecule has 1 amide bonds. The zero-order valence-electron chi connectivity index (χ0n) is 33.5. The molecule has 3 fully saturated rings. The Morgan fingerprint density at radius 2 is 1.84 bits per heavy atom. The maximum absolute atomic E-state index is 16.8. The molecule has 2 aromatic rings. The average Bonchev–Trinajstić information content (AvgIpc) is 3.91. The first-order valence-electron chi connectivity index (χ1n) is 18.8. The number of hydrogen-bond acceptors (Lipinski definition) is 15. The molecule has 15 nitrogen and oxygen atoms in total. The highest BCUT2D eigenvalue weighted by Gasteiger charge is 2.59. The molecule has 5 heterocycles. The van der Waals surface area contributed by atoms with Gasteiger partial charge in [-0.05, 0) is 67.0 Å². The lowest BCUT2D eigenvalue weighted by atomic mass is 9.73. The number of alkyl carbamates (subject to hydrolysis) is 1. The number of thiazole rings is 1. The highest BCUT2D eigenvalue weighted by Crippen LogP contribution is 2.41. The van der Waals surface area contributed by atoms with Crippen LogP contribution in [0.5, 0.6) is 0 Å². The third kappa shape index (κ3) is 8.70. The van der Waals surface area contributed by atoms with Crippen LogP contribution in [0.1, 0.15) is 80.4 Å². The van der Waals surface area contributed by atoms with Crippen LogP contribution in [0.2, 0.25) is 0 Å². The van der Waals surface area contributed by atoms with E-state index in [2.05, 4.69) is 27.3 Å². The summed E-state index contributed by atoms with van der Waals surface area (Å²) in [6.07, 6.45) is -4.31. The number of nitrogens with zero attached hydrogens (tertiary/aromatic N) is 3. The Kier molecular flexibility index (Phi) is 13.1. The Labute approximate surface area is 330 Å². The van der Waals surface area contributed by atoms with E-state index in [1.54, 1.807) is 59.6 Å². The molecule has 0 spiro atoms. The topological polar surface area (TPSA) is 189 Å². The predicted molar refractivity (Wildman–Crippen MR) is 200 cm³/mol. The molecule has 2 aromatic heterocycles. The number of hydrogen-bond donors (Lipinski definition) is 2. The number of cyclic esters (lactones) is 1. The molecular weight excluding hydrogens is 752 g/mol. The molecule has 0 aliphatic carbocycles. The second-order valence-corrected chi connectivity index (χ2v) is 16.8. The van der Waals surface area contributed by atoms with Gasteiger partial charge in [0, 0.05) is 36.1 Å². The number of aromatic nitrogens is 2. The van der Waals surface area contributed by atoms with Crippen molar-refractivity contribution in [1.82, 2.24) is 20.4 Å². The third-order valence-electron chi connectivity index (χ3n) is 11.4. The summed E-state index contributed by atoms with van der Waals surface area (Å²) in [4.78, 5) is 61.8. The van der Waals surface area contributed by atoms with Gasteiger partial charge in [-0.1, -0.05) is 38.8 Å². The van der Waals surface area contributed by atoms with Gasteiger partial charge in [0.2, 0.25) is 5.76 Å². The molecule has 0 bridgehead atoms. The smallest absolute Gasteiger partial charge is 0.408 e. The number of esters is 1. The molecule has 0 saturated carbocycles. The third-order valence-corrected chi connectivity index (χ3v) is 12.2. The van der Waals surface area contributed by atoms with Crippen molar-refractivity contribution in [3.05, 3.63) is 23.5 Å². The van der Waals surface area contributed by atoms with E-state index in [4.69, 9.17) is 28.2 Å². The van der Waals surface area contributed by atoms with E-state index in [1.165, 1.54) is 25.2 Å². The zero-order valence-corrected chi connectivity index (χ0v) is 34.3. The molecule has 3 saturated heterocycles. The fourth-order valence-electron chi connectivity index (χ4n) is 8.25. The average molecular weight is 805 g/mol. The van der Waals surface area contributed by atoms with Crippen molar-refractivity contribution < 1.29 is 56.9 Å². The summed E-state index contributed by atoms with van der Waals surface area (Å²) in [6, 6.07) is 0.254. The van der Waals surface area contributed by atoms with Gasteiger partial charge < -0.3 is 43.5 Å². The normalized spacial score (nSPS) is 38.5. The van der Waals surface area contributed by atoms with Gasteiger partial charge in [0.1, 0.15) is 30.3 Å². The van der Waals surface area contributed by atoms with Crippen LogP contribution < -0.4 is 5.32 Å². The van der Waals surface area contributed by atoms with Crippen LogP contribution in [-0.2, 0) is 38.1 Å². The van der Waals surface area contributed by atoms with Gasteiger partial charge in [0.05, 0.1) is 34.2 Å². The summed E-state index contributed by atoms with van der Waals surface area (Å²) in [5.74, 6) is -0.155. The van der Waals surface area contributed by atoms with Crippen LogP contribution in [0.15, 0.2) is 22.3 Å². The lowest BCUT2D eigenvalue weighted by molar-refractivity contribution is -0.296. The summed E-state index contributed by atoms with van der Waals surface area (Å²) in [7, 11) is 3.61. The number of rotatable bonds is 7. The lowest BCUT2D eigenvalue weighted by Gasteiger charge is -2.47. The Hall–Kier alpha value is -3.79. The minimum atomic E-state index is -3.22. The number of alkyl halides is 1. The summed E-state index contributed by atoms with van der Waals surface area (Å²) in [6.45, 7) is 11.8. The highest BCUT2D eigenvalue weighted by molar-refractivity contribution is 7.13. The number of ketones is 2. The first kappa shape index (κ1) is 43.3. The number of fused-ring (bicyclic) bond motifs is 1. The molecule has 0 radical (unpaired) electrons. The van der Waals surface area contributed by atoms with Crippen molar-refractivity contribution in [2.24, 2.45) is 17.8 Å². The van der Waals surface area contributed by atoms with Crippen LogP contribution in [0.4, 0.5) is 9.18 Å². The zero-order chi connectivity index (χ0) is 41.3. The molecule has 13 atom stereocenters. The number of likely N-dealkylation sites (N-methyl/N-ethyl adjacent to an activating group) is 1. The Balaban J connectivity index is 1.58. The number of ether oxygens (including phenoxy) is 5. The Morgan fingerprint density at radius 3 is 2.48 bits per heavy atom. The fourth-order valence-corrected chi connectivity index (χ4v) is 8.82. The minimum absolute atomic E-state index is 0.0748. The predicted octanol–water partition coefficient (Wildman–Crippen LogP) is 4.10. The van der Waals surface area contributed by atoms with Crippen molar-refractivity contribution in [2.45, 2.75) is 134 Å². The summed E-state index contributed by atoms with van der Waals surface area (Å²) in [5, 5.41) is 18.2. The molecular formula is C39H53FN4O11S. The van der Waals surface area contributed by atoms with E-state index in [9.17, 15) is 24.3 Å². The molecule has 0 unspecified atom stereocenters. The fraction of sp³-hybridized carbons (Fsp3) is 0.692. The number of halogens is 1. The van der Waals surface area contributed by atoms with Crippen LogP contribution in [0, 0.1) is 29.6 Å². The quantitative estimate of drug-likeness (QED) is 0.231. The first-order chi connectivity index (χ1) is 26.2. The number of carbonyl (C=O) groups is 4. The largest absolute Gasteiger partial charge is 0.455 e. The van der Waals surface area contributed by atoms with Crippen molar-refractivity contribution >= 4 is 35.0 Å². The van der Waals surface area contributed by atoms with Crippen LogP contribution in [0.25, 0.3) is 10.6 Å². The van der Waals surface area contributed by atoms with E-state index in [-0.39, 0.29) is 37.1 Å². The highest BCUT2D eigenvalue weighted by atomic mass is 32.1. The minimum Gasteiger partial charge on any atom is -0.455 e. The van der Waals surface area contributed by atoms with E-state index in [0.29, 0.717) is 12.1 Å². The Morgan fingerprint density at radius 1 is 1.12 bits per heavy atom. The Bertz CT molecular complexity index is 1810. The summed E-state index contributed by atoms with van der Waals surface area (Å²) >= 11 is 1.38. The first-order valence-corrected chi connectivity index (χ1v) is 19.7. The SMILES string of the molecule is CC[C@@H]1OC(=O)[C@@](C)(F)C(=O)[C@H](C)[C@@H](O[C@@H]2O[C@H](C)C[C@H](N(C)C)[C@H]2O)[C@@](C)(OCC#Cc2cc(-c3cncs3)no2)C[C@@H](C)C(=O)[C@@H](C)[C@H]2NC(=O)O[C@]12C. The molecule has 56 heavy (non-hydrogen) atoms. The molecule has 308 valence electrons. The van der Waals surface area contributed by atoms with Gasteiger partial charge in [-0.15, -0.1) is 11.3 Å². The molecule has 3 aliphatic heterocycles. The van der Waals surface area contributed by atoms with Gasteiger partial charge in [-0.3, -0.25) is 14.6 Å². The van der Waals surface area contributed by atoms with Crippen molar-refractivity contribution in [3.63, 3.8) is 0 Å². The number of aliphatic hydroxyl groups excluding tert-OH is 1. The number of nitrogens with one attached hydrogen (secondary N) is 1. The van der Waals surface area contributed by atoms with Crippen LogP contribution in [0.3, 0.4) is 0 Å². The van der Waals surface area contributed by atoms with Gasteiger partial charge in [0.25, 0.3) is 5.67 Å². The van der Waals surface area contributed by atoms with Gasteiger partial charge in [-0.2, -0.15) is 0 Å². The maximum Gasteiger partial charge on any atom is 0.408 e. The summed E-state index contributed by atoms with van der Waals surface area (Å²) in [5.41, 5.74) is -4.21. The molecule has 2 N–H and O–H groups in total. The number of carbonyl (C=O) groups excluding carboxylic acids is 4.